The van der Waals surface area contributed by atoms with Gasteiger partial charge in [-0.15, -0.1) is 0 Å². The number of carbonyl (C=O) groups is 2. The average Bonchev–Trinajstić information content (AvgIpc) is 2.80. The Balaban J connectivity index is 1.64. The molecule has 33 heavy (non-hydrogen) atoms. The van der Waals surface area contributed by atoms with E-state index in [2.05, 4.69) is 15.8 Å². The number of nitrogens with one attached hydrogen (secondary N) is 2. The lowest BCUT2D eigenvalue weighted by Gasteiger charge is -2.11. The van der Waals surface area contributed by atoms with Crippen molar-refractivity contribution in [1.82, 2.24) is 5.43 Å². The quantitative estimate of drug-likeness (QED) is 0.283. The van der Waals surface area contributed by atoms with Crippen LogP contribution in [0.1, 0.15) is 11.1 Å². The Bertz CT molecular complexity index is 1180. The molecule has 0 bridgehead atoms. The molecule has 0 aliphatic carbocycles. The summed E-state index contributed by atoms with van der Waals surface area (Å²) in [6, 6.07) is 15.5. The largest absolute Gasteiger partial charge is 0.497 e. The Labute approximate surface area is 199 Å². The summed E-state index contributed by atoms with van der Waals surface area (Å²) in [5.74, 6) is -1.57. The minimum absolute atomic E-state index is 0.136. The van der Waals surface area contributed by atoms with Gasteiger partial charge in [0.25, 0.3) is 0 Å². The molecule has 0 heterocycles. The molecule has 7 nitrogen and oxygen atoms in total. The summed E-state index contributed by atoms with van der Waals surface area (Å²) in [5, 5.41) is 6.83. The number of hydrazone groups is 1. The Morgan fingerprint density at radius 3 is 2.61 bits per heavy atom. The molecule has 0 aliphatic heterocycles. The van der Waals surface area contributed by atoms with E-state index in [9.17, 15) is 14.0 Å². The lowest BCUT2D eigenvalue weighted by molar-refractivity contribution is -0.136. The SMILES string of the molecule is COc1cccc(NC(=O)C(=O)N/N=C\c2cc(Cl)ccc2OCc2c(F)cccc2Cl)c1. The average molecular weight is 490 g/mol. The molecular weight excluding hydrogens is 472 g/mol. The topological polar surface area (TPSA) is 89.0 Å². The summed E-state index contributed by atoms with van der Waals surface area (Å²) in [6.45, 7) is -0.136. The fourth-order valence-electron chi connectivity index (χ4n) is 2.67. The van der Waals surface area contributed by atoms with Gasteiger partial charge in [0.1, 0.15) is 23.9 Å². The third-order valence-corrected chi connectivity index (χ3v) is 4.90. The van der Waals surface area contributed by atoms with E-state index in [1.54, 1.807) is 42.5 Å². The van der Waals surface area contributed by atoms with Crippen LogP contribution in [-0.4, -0.2) is 25.1 Å². The van der Waals surface area contributed by atoms with Gasteiger partial charge in [0.15, 0.2) is 0 Å². The molecule has 2 amide bonds. The van der Waals surface area contributed by atoms with Crippen LogP contribution in [0.25, 0.3) is 0 Å². The van der Waals surface area contributed by atoms with Crippen LogP contribution in [0.3, 0.4) is 0 Å². The Morgan fingerprint density at radius 1 is 1.06 bits per heavy atom. The van der Waals surface area contributed by atoms with Crippen LogP contribution < -0.4 is 20.2 Å². The van der Waals surface area contributed by atoms with Crippen molar-refractivity contribution >= 4 is 46.9 Å². The summed E-state index contributed by atoms with van der Waals surface area (Å²) < 4.78 is 24.7. The predicted octanol–water partition coefficient (Wildman–Crippen LogP) is 4.81. The van der Waals surface area contributed by atoms with Gasteiger partial charge in [-0.3, -0.25) is 9.59 Å². The molecular formula is C23H18Cl2FN3O4. The highest BCUT2D eigenvalue weighted by Gasteiger charge is 2.14. The molecule has 10 heteroatoms. The first kappa shape index (κ1) is 24.0. The number of nitrogens with zero attached hydrogens (tertiary/aromatic N) is 1. The van der Waals surface area contributed by atoms with E-state index in [1.165, 1.54) is 31.5 Å². The van der Waals surface area contributed by atoms with E-state index in [0.717, 1.165) is 0 Å². The number of ether oxygens (including phenoxy) is 2. The molecule has 0 unspecified atom stereocenters. The maximum Gasteiger partial charge on any atom is 0.329 e. The van der Waals surface area contributed by atoms with Gasteiger partial charge < -0.3 is 14.8 Å². The molecule has 3 aromatic rings. The third kappa shape index (κ3) is 6.68. The molecule has 3 rings (SSSR count). The van der Waals surface area contributed by atoms with Gasteiger partial charge in [0.2, 0.25) is 0 Å². The molecule has 0 radical (unpaired) electrons. The summed E-state index contributed by atoms with van der Waals surface area (Å²) in [6.07, 6.45) is 1.25. The second-order valence-electron chi connectivity index (χ2n) is 6.56. The molecule has 0 aliphatic rings. The van der Waals surface area contributed by atoms with Crippen molar-refractivity contribution in [2.45, 2.75) is 6.61 Å². The van der Waals surface area contributed by atoms with E-state index in [0.29, 0.717) is 27.8 Å². The summed E-state index contributed by atoms with van der Waals surface area (Å²) in [5.41, 5.74) is 3.10. The van der Waals surface area contributed by atoms with Crippen molar-refractivity contribution in [3.63, 3.8) is 0 Å². The molecule has 0 atom stereocenters. The number of hydrogen-bond donors (Lipinski definition) is 2. The fourth-order valence-corrected chi connectivity index (χ4v) is 3.07. The highest BCUT2D eigenvalue weighted by atomic mass is 35.5. The van der Waals surface area contributed by atoms with Gasteiger partial charge in [0.05, 0.1) is 18.3 Å². The molecule has 2 N–H and O–H groups in total. The number of hydrogen-bond acceptors (Lipinski definition) is 5. The Kier molecular flexibility index (Phi) is 8.23. The van der Waals surface area contributed by atoms with Crippen molar-refractivity contribution < 1.29 is 23.5 Å². The fraction of sp³-hybridized carbons (Fsp3) is 0.0870. The third-order valence-electron chi connectivity index (χ3n) is 4.31. The maximum atomic E-state index is 14.0. The molecule has 170 valence electrons. The van der Waals surface area contributed by atoms with Gasteiger partial charge in [-0.05, 0) is 42.5 Å². The number of benzene rings is 3. The lowest BCUT2D eigenvalue weighted by atomic mass is 10.2. The van der Waals surface area contributed by atoms with Crippen LogP contribution in [0.4, 0.5) is 10.1 Å². The van der Waals surface area contributed by atoms with Crippen LogP contribution in [-0.2, 0) is 16.2 Å². The van der Waals surface area contributed by atoms with Crippen molar-refractivity contribution in [2.75, 3.05) is 12.4 Å². The number of halogens is 3. The van der Waals surface area contributed by atoms with Crippen LogP contribution in [0.5, 0.6) is 11.5 Å². The normalized spacial score (nSPS) is 10.7. The van der Waals surface area contributed by atoms with E-state index >= 15 is 0 Å². The van der Waals surface area contributed by atoms with Crippen molar-refractivity contribution in [3.05, 3.63) is 87.7 Å². The van der Waals surface area contributed by atoms with Gasteiger partial charge in [-0.25, -0.2) is 9.82 Å². The standard InChI is InChI=1S/C23H18Cl2FN3O4/c1-32-17-5-2-4-16(11-17)28-22(30)23(31)29-27-12-14-10-15(24)8-9-21(14)33-13-18-19(25)6-3-7-20(18)26/h2-12H,13H2,1H3,(H,28,30)(H,29,31)/b27-12-. The zero-order valence-electron chi connectivity index (χ0n) is 17.3. The Hall–Kier alpha value is -3.62. The first-order valence-corrected chi connectivity index (χ1v) is 10.3. The predicted molar refractivity (Wildman–Crippen MR) is 125 cm³/mol. The van der Waals surface area contributed by atoms with Gasteiger partial charge in [-0.1, -0.05) is 35.3 Å². The van der Waals surface area contributed by atoms with Crippen molar-refractivity contribution in [2.24, 2.45) is 5.10 Å². The molecule has 0 spiro atoms. The molecule has 0 saturated heterocycles. The second-order valence-corrected chi connectivity index (χ2v) is 7.40. The van der Waals surface area contributed by atoms with E-state index in [-0.39, 0.29) is 17.2 Å². The first-order chi connectivity index (χ1) is 15.9. The number of anilines is 1. The molecule has 0 aromatic heterocycles. The minimum Gasteiger partial charge on any atom is -0.497 e. The van der Waals surface area contributed by atoms with E-state index in [4.69, 9.17) is 32.7 Å². The van der Waals surface area contributed by atoms with E-state index < -0.39 is 17.6 Å². The zero-order chi connectivity index (χ0) is 23.8. The monoisotopic (exact) mass is 489 g/mol. The minimum atomic E-state index is -0.989. The molecule has 0 fully saturated rings. The molecule has 0 saturated carbocycles. The summed E-state index contributed by atoms with van der Waals surface area (Å²) in [7, 11) is 1.49. The second kappa shape index (κ2) is 11.3. The Morgan fingerprint density at radius 2 is 1.85 bits per heavy atom. The lowest BCUT2D eigenvalue weighted by Crippen LogP contribution is -2.32. The van der Waals surface area contributed by atoms with Crippen molar-refractivity contribution in [1.29, 1.82) is 0 Å². The van der Waals surface area contributed by atoms with Gasteiger partial charge in [0, 0.05) is 27.9 Å². The van der Waals surface area contributed by atoms with Crippen LogP contribution in [0.2, 0.25) is 10.0 Å². The summed E-state index contributed by atoms with van der Waals surface area (Å²) in [4.78, 5) is 24.1. The number of methoxy groups -OCH3 is 1. The number of rotatable bonds is 7. The maximum absolute atomic E-state index is 14.0. The highest BCUT2D eigenvalue weighted by Crippen LogP contribution is 2.25. The van der Waals surface area contributed by atoms with E-state index in [1.807, 2.05) is 0 Å². The number of carbonyl (C=O) groups excluding carboxylic acids is 2. The van der Waals surface area contributed by atoms with Crippen LogP contribution in [0.15, 0.2) is 65.8 Å². The highest BCUT2D eigenvalue weighted by molar-refractivity contribution is 6.39. The van der Waals surface area contributed by atoms with Crippen LogP contribution >= 0.6 is 23.2 Å². The molecule has 3 aromatic carbocycles. The van der Waals surface area contributed by atoms with Gasteiger partial charge >= 0.3 is 11.8 Å². The zero-order valence-corrected chi connectivity index (χ0v) is 18.8. The van der Waals surface area contributed by atoms with Gasteiger partial charge in [-0.2, -0.15) is 5.10 Å². The first-order valence-electron chi connectivity index (χ1n) is 9.51. The van der Waals surface area contributed by atoms with Crippen molar-refractivity contribution in [3.8, 4) is 11.5 Å². The summed E-state index contributed by atoms with van der Waals surface area (Å²) >= 11 is 12.1. The van der Waals surface area contributed by atoms with Crippen LogP contribution in [0, 0.1) is 5.82 Å². The number of amides is 2. The smallest absolute Gasteiger partial charge is 0.329 e.